The summed E-state index contributed by atoms with van der Waals surface area (Å²) in [6.45, 7) is 1.52. The van der Waals surface area contributed by atoms with Crippen molar-refractivity contribution in [3.05, 3.63) is 49.9 Å². The fourth-order valence-electron chi connectivity index (χ4n) is 1.58. The zero-order valence-corrected chi connectivity index (χ0v) is 14.7. The van der Waals surface area contributed by atoms with E-state index in [0.29, 0.717) is 10.4 Å². The molecule has 0 spiro atoms. The first-order valence-corrected chi connectivity index (χ1v) is 7.81. The second kappa shape index (κ2) is 7.08. The van der Waals surface area contributed by atoms with E-state index in [-0.39, 0.29) is 12.4 Å². The number of benzene rings is 1. The van der Waals surface area contributed by atoms with Gasteiger partial charge in [0.15, 0.2) is 11.3 Å². The Labute approximate surface area is 143 Å². The third-order valence-electron chi connectivity index (χ3n) is 2.57. The van der Waals surface area contributed by atoms with Crippen LogP contribution in [0, 0.1) is 10.5 Å². The van der Waals surface area contributed by atoms with Crippen LogP contribution in [0.2, 0.25) is 0 Å². The highest BCUT2D eigenvalue weighted by Gasteiger charge is 2.14. The summed E-state index contributed by atoms with van der Waals surface area (Å²) in [5, 5.41) is 2.69. The lowest BCUT2D eigenvalue weighted by Crippen LogP contribution is -2.21. The van der Waals surface area contributed by atoms with Crippen molar-refractivity contribution in [2.24, 2.45) is 0 Å². The van der Waals surface area contributed by atoms with Crippen molar-refractivity contribution in [1.29, 1.82) is 0 Å². The molecular formula is C14H11BrINO4. The summed E-state index contributed by atoms with van der Waals surface area (Å²) in [6.07, 6.45) is 0. The number of furan rings is 1. The Hall–Kier alpha value is -1.35. The van der Waals surface area contributed by atoms with Gasteiger partial charge in [-0.05, 0) is 81.3 Å². The minimum absolute atomic E-state index is 0.0418. The van der Waals surface area contributed by atoms with Gasteiger partial charge in [0, 0.05) is 9.26 Å². The van der Waals surface area contributed by atoms with Crippen LogP contribution >= 0.6 is 38.5 Å². The highest BCUT2D eigenvalue weighted by atomic mass is 127. The van der Waals surface area contributed by atoms with Gasteiger partial charge in [-0.2, -0.15) is 0 Å². The van der Waals surface area contributed by atoms with Crippen molar-refractivity contribution in [1.82, 2.24) is 0 Å². The lowest BCUT2D eigenvalue weighted by Gasteiger charge is -2.08. The highest BCUT2D eigenvalue weighted by molar-refractivity contribution is 14.1. The molecular weight excluding hydrogens is 453 g/mol. The molecule has 0 atom stereocenters. The Morgan fingerprint density at radius 3 is 2.71 bits per heavy atom. The Morgan fingerprint density at radius 1 is 1.33 bits per heavy atom. The summed E-state index contributed by atoms with van der Waals surface area (Å²) in [4.78, 5) is 23.4. The van der Waals surface area contributed by atoms with Gasteiger partial charge in [0.25, 0.3) is 5.91 Å². The molecule has 0 bridgehead atoms. The maximum atomic E-state index is 11.8. The van der Waals surface area contributed by atoms with Crippen LogP contribution in [-0.2, 0) is 9.53 Å². The van der Waals surface area contributed by atoms with Crippen LogP contribution in [0.5, 0.6) is 0 Å². The molecule has 1 amide bonds. The van der Waals surface area contributed by atoms with Crippen molar-refractivity contribution in [2.45, 2.75) is 6.92 Å². The number of esters is 1. The van der Waals surface area contributed by atoms with E-state index >= 15 is 0 Å². The molecule has 1 aromatic carbocycles. The molecule has 0 saturated carbocycles. The maximum Gasteiger partial charge on any atom is 0.374 e. The van der Waals surface area contributed by atoms with Gasteiger partial charge in [-0.25, -0.2) is 4.79 Å². The zero-order chi connectivity index (χ0) is 15.4. The van der Waals surface area contributed by atoms with Gasteiger partial charge in [-0.3, -0.25) is 4.79 Å². The molecule has 1 aromatic heterocycles. The van der Waals surface area contributed by atoms with Crippen molar-refractivity contribution in [3.8, 4) is 0 Å². The first-order chi connectivity index (χ1) is 9.95. The molecule has 1 heterocycles. The fraction of sp³-hybridized carbons (Fsp3) is 0.143. The molecule has 2 aromatic rings. The van der Waals surface area contributed by atoms with Gasteiger partial charge in [0.2, 0.25) is 5.76 Å². The number of carbonyl (C=O) groups is 2. The van der Waals surface area contributed by atoms with Gasteiger partial charge in [0.05, 0.1) is 0 Å². The smallest absolute Gasteiger partial charge is 0.374 e. The van der Waals surface area contributed by atoms with Gasteiger partial charge >= 0.3 is 5.97 Å². The number of carbonyl (C=O) groups excluding carboxylic acids is 2. The van der Waals surface area contributed by atoms with Crippen molar-refractivity contribution < 1.29 is 18.7 Å². The van der Waals surface area contributed by atoms with Crippen LogP contribution < -0.4 is 5.32 Å². The van der Waals surface area contributed by atoms with Gasteiger partial charge in [-0.15, -0.1) is 0 Å². The van der Waals surface area contributed by atoms with Crippen LogP contribution in [0.3, 0.4) is 0 Å². The first-order valence-electron chi connectivity index (χ1n) is 5.94. The normalized spacial score (nSPS) is 10.2. The topological polar surface area (TPSA) is 68.5 Å². The molecule has 0 aliphatic rings. The molecule has 0 unspecified atom stereocenters. The predicted octanol–water partition coefficient (Wildman–Crippen LogP) is 3.75. The Kier molecular flexibility index (Phi) is 5.40. The molecule has 110 valence electrons. The van der Waals surface area contributed by atoms with E-state index in [9.17, 15) is 9.59 Å². The molecule has 0 radical (unpaired) electrons. The quantitative estimate of drug-likeness (QED) is 0.553. The third-order valence-corrected chi connectivity index (χ3v) is 3.67. The minimum atomic E-state index is -0.685. The van der Waals surface area contributed by atoms with E-state index in [0.717, 1.165) is 9.13 Å². The molecule has 0 aliphatic heterocycles. The molecule has 2 rings (SSSR count). The molecule has 0 saturated heterocycles. The van der Waals surface area contributed by atoms with Crippen LogP contribution in [0.1, 0.15) is 16.1 Å². The third kappa shape index (κ3) is 4.57. The Morgan fingerprint density at radius 2 is 2.10 bits per heavy atom. The lowest BCUT2D eigenvalue weighted by atomic mass is 10.2. The molecule has 5 nitrogen and oxygen atoms in total. The second-order valence-corrected chi connectivity index (χ2v) is 6.21. The first kappa shape index (κ1) is 16.0. The molecule has 21 heavy (non-hydrogen) atoms. The summed E-state index contributed by atoms with van der Waals surface area (Å²) >= 11 is 5.28. The van der Waals surface area contributed by atoms with Crippen LogP contribution in [0.25, 0.3) is 0 Å². The van der Waals surface area contributed by atoms with E-state index < -0.39 is 11.9 Å². The van der Waals surface area contributed by atoms with Crippen LogP contribution in [0.4, 0.5) is 5.69 Å². The van der Waals surface area contributed by atoms with Gasteiger partial charge in [0.1, 0.15) is 0 Å². The summed E-state index contributed by atoms with van der Waals surface area (Å²) in [6, 6.07) is 8.68. The molecule has 0 fully saturated rings. The van der Waals surface area contributed by atoms with Crippen molar-refractivity contribution in [3.63, 3.8) is 0 Å². The summed E-state index contributed by atoms with van der Waals surface area (Å²) in [7, 11) is 0. The number of aryl methyl sites for hydroxylation is 1. The summed E-state index contributed by atoms with van der Waals surface area (Å²) in [5.41, 5.74) is 1.63. The van der Waals surface area contributed by atoms with Gasteiger partial charge in [-0.1, -0.05) is 0 Å². The summed E-state index contributed by atoms with van der Waals surface area (Å²) in [5.74, 6) is -1.05. The highest BCUT2D eigenvalue weighted by Crippen LogP contribution is 2.18. The summed E-state index contributed by atoms with van der Waals surface area (Å²) < 4.78 is 11.4. The van der Waals surface area contributed by atoms with Crippen LogP contribution in [0.15, 0.2) is 39.4 Å². The molecule has 7 heteroatoms. The van der Waals surface area contributed by atoms with E-state index in [2.05, 4.69) is 43.8 Å². The average molecular weight is 464 g/mol. The predicted molar refractivity (Wildman–Crippen MR) is 89.2 cm³/mol. The van der Waals surface area contributed by atoms with E-state index in [1.165, 1.54) is 6.07 Å². The molecule has 0 aliphatic carbocycles. The number of nitrogens with one attached hydrogen (secondary N) is 1. The second-order valence-electron chi connectivity index (χ2n) is 4.19. The standard InChI is InChI=1S/C14H11BrINO4/c1-8-6-9(16)2-3-10(8)17-13(18)7-20-14(19)11-4-5-12(15)21-11/h2-6H,7H2,1H3,(H,17,18). The number of amides is 1. The number of hydrogen-bond donors (Lipinski definition) is 1. The fourth-order valence-corrected chi connectivity index (χ4v) is 2.53. The van der Waals surface area contributed by atoms with Crippen molar-refractivity contribution in [2.75, 3.05) is 11.9 Å². The number of hydrogen-bond acceptors (Lipinski definition) is 4. The Balaban J connectivity index is 1.89. The Bertz CT molecular complexity index is 683. The number of anilines is 1. The van der Waals surface area contributed by atoms with Crippen LogP contribution in [-0.4, -0.2) is 18.5 Å². The number of halogens is 2. The van der Waals surface area contributed by atoms with E-state index in [1.807, 2.05) is 19.1 Å². The van der Waals surface area contributed by atoms with Crippen molar-refractivity contribution >= 4 is 56.1 Å². The van der Waals surface area contributed by atoms with E-state index in [4.69, 9.17) is 9.15 Å². The number of ether oxygens (including phenoxy) is 1. The largest absolute Gasteiger partial charge is 0.450 e. The van der Waals surface area contributed by atoms with Gasteiger partial charge < -0.3 is 14.5 Å². The zero-order valence-electron chi connectivity index (χ0n) is 11.0. The monoisotopic (exact) mass is 463 g/mol. The SMILES string of the molecule is Cc1cc(I)ccc1NC(=O)COC(=O)c1ccc(Br)o1. The number of rotatable bonds is 4. The average Bonchev–Trinajstić information content (AvgIpc) is 2.86. The lowest BCUT2D eigenvalue weighted by molar-refractivity contribution is -0.119. The molecule has 1 N–H and O–H groups in total. The maximum absolute atomic E-state index is 11.8. The minimum Gasteiger partial charge on any atom is -0.450 e. The van der Waals surface area contributed by atoms with E-state index in [1.54, 1.807) is 12.1 Å².